The molecule has 0 amide bonds. The van der Waals surface area contributed by atoms with E-state index >= 15 is 0 Å². The Balaban J connectivity index is 3.87. The largest absolute Gasteiger partial charge is 0.299 e. The smallest absolute Gasteiger partial charge is 0.138 e. The van der Waals surface area contributed by atoms with Gasteiger partial charge in [-0.15, -0.1) is 11.6 Å². The number of ketones is 1. The van der Waals surface area contributed by atoms with E-state index in [1.165, 1.54) is 0 Å². The van der Waals surface area contributed by atoms with Gasteiger partial charge in [0.2, 0.25) is 0 Å². The van der Waals surface area contributed by atoms with Crippen LogP contribution in [0.15, 0.2) is 0 Å². The second kappa shape index (κ2) is 6.42. The van der Waals surface area contributed by atoms with Crippen molar-refractivity contribution in [1.29, 1.82) is 0 Å². The van der Waals surface area contributed by atoms with E-state index in [2.05, 4.69) is 6.92 Å². The molecule has 0 spiro atoms. The molecule has 0 heterocycles. The van der Waals surface area contributed by atoms with Crippen LogP contribution in [-0.2, 0) is 4.79 Å². The SMILES string of the molecule is CCCCC(C)(C)C(=O)CCCCl. The number of alkyl halides is 1. The van der Waals surface area contributed by atoms with Crippen LogP contribution in [-0.4, -0.2) is 11.7 Å². The summed E-state index contributed by atoms with van der Waals surface area (Å²) >= 11 is 5.55. The first-order valence-electron chi connectivity index (χ1n) is 5.14. The first kappa shape index (κ1) is 13.0. The maximum atomic E-state index is 11.7. The lowest BCUT2D eigenvalue weighted by atomic mass is 9.81. The standard InChI is InChI=1S/C11H21ClO/c1-4-5-8-11(2,3)10(13)7-6-9-12/h4-9H2,1-3H3. The number of carbonyl (C=O) groups excluding carboxylic acids is 1. The molecule has 0 bridgehead atoms. The average Bonchev–Trinajstić information content (AvgIpc) is 2.10. The van der Waals surface area contributed by atoms with Crippen LogP contribution in [0.5, 0.6) is 0 Å². The predicted molar refractivity (Wildman–Crippen MR) is 58.3 cm³/mol. The first-order chi connectivity index (χ1) is 6.04. The minimum atomic E-state index is -0.137. The van der Waals surface area contributed by atoms with Gasteiger partial charge in [0.1, 0.15) is 5.78 Å². The fourth-order valence-corrected chi connectivity index (χ4v) is 1.46. The van der Waals surface area contributed by atoms with E-state index in [9.17, 15) is 4.79 Å². The van der Waals surface area contributed by atoms with Crippen molar-refractivity contribution in [3.63, 3.8) is 0 Å². The van der Waals surface area contributed by atoms with Crippen molar-refractivity contribution in [2.75, 3.05) is 5.88 Å². The van der Waals surface area contributed by atoms with Crippen LogP contribution in [0.1, 0.15) is 52.9 Å². The number of unbranched alkanes of at least 4 members (excludes halogenated alkanes) is 1. The molecule has 2 heteroatoms. The average molecular weight is 205 g/mol. The van der Waals surface area contributed by atoms with Crippen LogP contribution >= 0.6 is 11.6 Å². The van der Waals surface area contributed by atoms with Gasteiger partial charge in [-0.05, 0) is 12.8 Å². The molecular formula is C11H21ClO. The zero-order valence-electron chi connectivity index (χ0n) is 9.03. The third-order valence-corrected chi connectivity index (χ3v) is 2.71. The van der Waals surface area contributed by atoms with Gasteiger partial charge >= 0.3 is 0 Å². The van der Waals surface area contributed by atoms with Crippen molar-refractivity contribution in [2.24, 2.45) is 5.41 Å². The molecule has 0 aliphatic carbocycles. The number of Topliss-reactive ketones (excluding diaryl/α,β-unsaturated/α-hetero) is 1. The lowest BCUT2D eigenvalue weighted by Gasteiger charge is -2.22. The summed E-state index contributed by atoms with van der Waals surface area (Å²) in [4.78, 5) is 11.7. The highest BCUT2D eigenvalue weighted by atomic mass is 35.5. The number of hydrogen-bond acceptors (Lipinski definition) is 1. The van der Waals surface area contributed by atoms with Crippen molar-refractivity contribution >= 4 is 17.4 Å². The summed E-state index contributed by atoms with van der Waals surface area (Å²) in [7, 11) is 0. The van der Waals surface area contributed by atoms with Crippen molar-refractivity contribution in [3.05, 3.63) is 0 Å². The molecule has 0 aliphatic rings. The molecule has 0 atom stereocenters. The molecule has 0 saturated carbocycles. The molecule has 0 saturated heterocycles. The van der Waals surface area contributed by atoms with Crippen LogP contribution < -0.4 is 0 Å². The van der Waals surface area contributed by atoms with Gasteiger partial charge in [0.15, 0.2) is 0 Å². The Morgan fingerprint density at radius 1 is 1.31 bits per heavy atom. The summed E-state index contributed by atoms with van der Waals surface area (Å²) in [5.41, 5.74) is -0.137. The number of carbonyl (C=O) groups is 1. The third kappa shape index (κ3) is 5.30. The molecule has 0 N–H and O–H groups in total. The highest BCUT2D eigenvalue weighted by Gasteiger charge is 2.25. The van der Waals surface area contributed by atoms with Crippen LogP contribution in [0, 0.1) is 5.41 Å². The van der Waals surface area contributed by atoms with Crippen LogP contribution in [0.2, 0.25) is 0 Å². The molecule has 0 aromatic carbocycles. The molecule has 0 unspecified atom stereocenters. The summed E-state index contributed by atoms with van der Waals surface area (Å²) in [6.07, 6.45) is 4.76. The maximum absolute atomic E-state index is 11.7. The minimum Gasteiger partial charge on any atom is -0.299 e. The molecule has 1 nitrogen and oxygen atoms in total. The zero-order chi connectivity index (χ0) is 10.3. The molecule has 0 aliphatic heterocycles. The molecule has 0 aromatic rings. The molecule has 0 fully saturated rings. The number of halogens is 1. The third-order valence-electron chi connectivity index (χ3n) is 2.45. The lowest BCUT2D eigenvalue weighted by molar-refractivity contribution is -0.127. The first-order valence-corrected chi connectivity index (χ1v) is 5.67. The fraction of sp³-hybridized carbons (Fsp3) is 0.909. The zero-order valence-corrected chi connectivity index (χ0v) is 9.78. The minimum absolute atomic E-state index is 0.137. The Kier molecular flexibility index (Phi) is 6.40. The molecule has 0 radical (unpaired) electrons. The summed E-state index contributed by atoms with van der Waals surface area (Å²) in [6, 6.07) is 0. The van der Waals surface area contributed by atoms with E-state index in [-0.39, 0.29) is 5.41 Å². The van der Waals surface area contributed by atoms with E-state index in [1.54, 1.807) is 0 Å². The van der Waals surface area contributed by atoms with Crippen molar-refractivity contribution in [3.8, 4) is 0 Å². The van der Waals surface area contributed by atoms with E-state index in [4.69, 9.17) is 11.6 Å². The second-order valence-electron chi connectivity index (χ2n) is 4.20. The van der Waals surface area contributed by atoms with Gasteiger partial charge < -0.3 is 0 Å². The number of hydrogen-bond donors (Lipinski definition) is 0. The fourth-order valence-electron chi connectivity index (χ4n) is 1.32. The van der Waals surface area contributed by atoms with Crippen molar-refractivity contribution < 1.29 is 4.79 Å². The molecule has 13 heavy (non-hydrogen) atoms. The Bertz CT molecular complexity index is 152. The van der Waals surface area contributed by atoms with E-state index in [1.807, 2.05) is 13.8 Å². The Hall–Kier alpha value is -0.0400. The van der Waals surface area contributed by atoms with Gasteiger partial charge in [-0.2, -0.15) is 0 Å². The summed E-state index contributed by atoms with van der Waals surface area (Å²) in [5, 5.41) is 0. The summed E-state index contributed by atoms with van der Waals surface area (Å²) in [5.74, 6) is 0.955. The Labute approximate surface area is 86.9 Å². The molecular weight excluding hydrogens is 184 g/mol. The lowest BCUT2D eigenvalue weighted by Crippen LogP contribution is -2.24. The van der Waals surface area contributed by atoms with Gasteiger partial charge in [0.25, 0.3) is 0 Å². The quantitative estimate of drug-likeness (QED) is 0.577. The van der Waals surface area contributed by atoms with E-state index < -0.39 is 0 Å². The summed E-state index contributed by atoms with van der Waals surface area (Å²) < 4.78 is 0. The monoisotopic (exact) mass is 204 g/mol. The predicted octanol–water partition coefficient (Wildman–Crippen LogP) is 3.79. The van der Waals surface area contributed by atoms with Gasteiger partial charge in [-0.3, -0.25) is 4.79 Å². The second-order valence-corrected chi connectivity index (χ2v) is 4.58. The highest BCUT2D eigenvalue weighted by molar-refractivity contribution is 6.17. The van der Waals surface area contributed by atoms with Gasteiger partial charge in [0.05, 0.1) is 0 Å². The molecule has 78 valence electrons. The number of rotatable bonds is 7. The van der Waals surface area contributed by atoms with Crippen LogP contribution in [0.25, 0.3) is 0 Å². The molecule has 0 aromatic heterocycles. The van der Waals surface area contributed by atoms with Crippen molar-refractivity contribution in [1.82, 2.24) is 0 Å². The van der Waals surface area contributed by atoms with Gasteiger partial charge in [0, 0.05) is 17.7 Å². The van der Waals surface area contributed by atoms with E-state index in [0.29, 0.717) is 18.1 Å². The normalized spacial score (nSPS) is 11.7. The van der Waals surface area contributed by atoms with E-state index in [0.717, 1.165) is 25.7 Å². The van der Waals surface area contributed by atoms with Crippen LogP contribution in [0.4, 0.5) is 0 Å². The highest BCUT2D eigenvalue weighted by Crippen LogP contribution is 2.26. The maximum Gasteiger partial charge on any atom is 0.138 e. The Morgan fingerprint density at radius 2 is 1.92 bits per heavy atom. The molecule has 0 rings (SSSR count). The van der Waals surface area contributed by atoms with Crippen LogP contribution in [0.3, 0.4) is 0 Å². The van der Waals surface area contributed by atoms with Gasteiger partial charge in [-0.25, -0.2) is 0 Å². The van der Waals surface area contributed by atoms with Crippen molar-refractivity contribution in [2.45, 2.75) is 52.9 Å². The topological polar surface area (TPSA) is 17.1 Å². The Morgan fingerprint density at radius 3 is 2.38 bits per heavy atom. The summed E-state index contributed by atoms with van der Waals surface area (Å²) in [6.45, 7) is 6.23. The van der Waals surface area contributed by atoms with Gasteiger partial charge in [-0.1, -0.05) is 33.6 Å².